The van der Waals surface area contributed by atoms with Crippen molar-refractivity contribution in [2.45, 2.75) is 13.3 Å². The molecule has 1 rings (SSSR count). The van der Waals surface area contributed by atoms with Gasteiger partial charge in [0.1, 0.15) is 5.75 Å². The minimum absolute atomic E-state index is 0.0719. The number of hydrogen-bond acceptors (Lipinski definition) is 2. The fourth-order valence-electron chi connectivity index (χ4n) is 1.27. The van der Waals surface area contributed by atoms with Crippen LogP contribution in [0, 0.1) is 6.92 Å². The number of aromatic hydroxyl groups is 1. The molecule has 0 saturated heterocycles. The van der Waals surface area contributed by atoms with Crippen LogP contribution in [0.3, 0.4) is 0 Å². The number of alkyl halides is 1. The molecule has 0 aliphatic rings. The van der Waals surface area contributed by atoms with Crippen LogP contribution in [-0.2, 0) is 0 Å². The summed E-state index contributed by atoms with van der Waals surface area (Å²) in [6.07, 6.45) is 0.976. The highest BCUT2D eigenvalue weighted by Gasteiger charge is 2.07. The zero-order chi connectivity index (χ0) is 11.3. The molecule has 82 valence electrons. The van der Waals surface area contributed by atoms with E-state index in [-0.39, 0.29) is 11.7 Å². The van der Waals surface area contributed by atoms with Gasteiger partial charge in [-0.25, -0.2) is 0 Å². The predicted octanol–water partition coefficient (Wildman–Crippen LogP) is 2.26. The van der Waals surface area contributed by atoms with Gasteiger partial charge < -0.3 is 10.4 Å². The van der Waals surface area contributed by atoms with Crippen LogP contribution in [0.2, 0.25) is 0 Å². The van der Waals surface area contributed by atoms with Crippen LogP contribution in [0.15, 0.2) is 18.2 Å². The molecule has 0 unspecified atom stereocenters. The van der Waals surface area contributed by atoms with E-state index >= 15 is 0 Å². The summed E-state index contributed by atoms with van der Waals surface area (Å²) in [5, 5.41) is 12.0. The lowest BCUT2D eigenvalue weighted by Crippen LogP contribution is -2.25. The first-order valence-corrected chi connectivity index (χ1v) is 6.31. The van der Waals surface area contributed by atoms with Gasteiger partial charge in [-0.2, -0.15) is 0 Å². The maximum Gasteiger partial charge on any atom is 0.251 e. The van der Waals surface area contributed by atoms with Gasteiger partial charge in [0.05, 0.1) is 0 Å². The van der Waals surface area contributed by atoms with Crippen LogP contribution in [0.4, 0.5) is 0 Å². The topological polar surface area (TPSA) is 49.3 Å². The Balaban J connectivity index is 2.65. The van der Waals surface area contributed by atoms with Gasteiger partial charge in [0.15, 0.2) is 0 Å². The minimum atomic E-state index is -0.0719. The van der Waals surface area contributed by atoms with E-state index < -0.39 is 0 Å². The number of phenols is 1. The van der Waals surface area contributed by atoms with Crippen LogP contribution in [-0.4, -0.2) is 22.0 Å². The maximum absolute atomic E-state index is 11.7. The number of carbonyl (C=O) groups excluding carboxylic acids is 1. The molecule has 0 saturated carbocycles. The summed E-state index contributed by atoms with van der Waals surface area (Å²) in [7, 11) is 0. The summed E-state index contributed by atoms with van der Waals surface area (Å²) >= 11 is 2.28. The highest BCUT2D eigenvalue weighted by atomic mass is 127. The summed E-state index contributed by atoms with van der Waals surface area (Å²) < 4.78 is 1.03. The molecule has 0 radical (unpaired) electrons. The van der Waals surface area contributed by atoms with E-state index in [1.165, 1.54) is 6.07 Å². The van der Waals surface area contributed by atoms with Gasteiger partial charge >= 0.3 is 0 Å². The molecule has 4 heteroatoms. The van der Waals surface area contributed by atoms with Crippen molar-refractivity contribution in [2.24, 2.45) is 0 Å². The smallest absolute Gasteiger partial charge is 0.251 e. The van der Waals surface area contributed by atoms with Crippen molar-refractivity contribution in [2.75, 3.05) is 11.0 Å². The molecule has 1 aromatic rings. The van der Waals surface area contributed by atoms with Gasteiger partial charge in [0.25, 0.3) is 5.91 Å². The highest BCUT2D eigenvalue weighted by Crippen LogP contribution is 2.15. The van der Waals surface area contributed by atoms with Crippen molar-refractivity contribution in [1.29, 1.82) is 0 Å². The van der Waals surface area contributed by atoms with Gasteiger partial charge in [0, 0.05) is 16.5 Å². The van der Waals surface area contributed by atoms with E-state index in [0.717, 1.165) is 16.4 Å². The van der Waals surface area contributed by atoms with Crippen molar-refractivity contribution in [1.82, 2.24) is 5.32 Å². The number of nitrogens with one attached hydrogen (secondary N) is 1. The molecular weight excluding hydrogens is 305 g/mol. The van der Waals surface area contributed by atoms with E-state index in [9.17, 15) is 9.90 Å². The Hall–Kier alpha value is -0.780. The number of hydrogen-bond donors (Lipinski definition) is 2. The van der Waals surface area contributed by atoms with Gasteiger partial charge in [-0.1, -0.05) is 22.6 Å². The average molecular weight is 319 g/mol. The zero-order valence-electron chi connectivity index (χ0n) is 8.59. The molecule has 0 aliphatic heterocycles. The third-order valence-corrected chi connectivity index (χ3v) is 2.81. The number of halogens is 1. The summed E-state index contributed by atoms with van der Waals surface area (Å²) in [6, 6.07) is 4.76. The molecular formula is C11H14INO2. The second-order valence-corrected chi connectivity index (χ2v) is 4.38. The zero-order valence-corrected chi connectivity index (χ0v) is 10.7. The van der Waals surface area contributed by atoms with Crippen molar-refractivity contribution in [3.8, 4) is 5.75 Å². The summed E-state index contributed by atoms with van der Waals surface area (Å²) in [5.41, 5.74) is 1.42. The number of benzene rings is 1. The normalized spacial score (nSPS) is 10.0. The Morgan fingerprint density at radius 3 is 2.87 bits per heavy atom. The number of aryl methyl sites for hydroxylation is 1. The van der Waals surface area contributed by atoms with E-state index in [0.29, 0.717) is 12.1 Å². The van der Waals surface area contributed by atoms with E-state index in [1.807, 2.05) is 6.92 Å². The molecule has 0 spiro atoms. The van der Waals surface area contributed by atoms with Crippen LogP contribution >= 0.6 is 22.6 Å². The van der Waals surface area contributed by atoms with Gasteiger partial charge in [-0.15, -0.1) is 0 Å². The Morgan fingerprint density at radius 1 is 1.53 bits per heavy atom. The summed E-state index contributed by atoms with van der Waals surface area (Å²) in [5.74, 6) is 0.119. The first kappa shape index (κ1) is 12.3. The lowest BCUT2D eigenvalue weighted by molar-refractivity contribution is 0.0953. The van der Waals surface area contributed by atoms with E-state index in [4.69, 9.17) is 0 Å². The molecule has 0 bridgehead atoms. The fraction of sp³-hybridized carbons (Fsp3) is 0.364. The fourth-order valence-corrected chi connectivity index (χ4v) is 1.65. The molecule has 1 aromatic carbocycles. The van der Waals surface area contributed by atoms with Crippen LogP contribution < -0.4 is 5.32 Å². The Kier molecular flexibility index (Phi) is 4.87. The quantitative estimate of drug-likeness (QED) is 0.508. The van der Waals surface area contributed by atoms with E-state index in [2.05, 4.69) is 27.9 Å². The van der Waals surface area contributed by atoms with Gasteiger partial charge in [-0.3, -0.25) is 4.79 Å². The minimum Gasteiger partial charge on any atom is -0.508 e. The van der Waals surface area contributed by atoms with Crippen molar-refractivity contribution in [3.63, 3.8) is 0 Å². The SMILES string of the molecule is Cc1cc(O)ccc1C(=O)NCCCI. The largest absolute Gasteiger partial charge is 0.508 e. The number of phenolic OH excluding ortho intramolecular Hbond substituents is 1. The first-order valence-electron chi connectivity index (χ1n) is 4.79. The maximum atomic E-state index is 11.7. The van der Waals surface area contributed by atoms with E-state index in [1.54, 1.807) is 12.1 Å². The Labute approximate surface area is 103 Å². The summed E-state index contributed by atoms with van der Waals surface area (Å²) in [6.45, 7) is 2.51. The monoisotopic (exact) mass is 319 g/mol. The second kappa shape index (κ2) is 5.95. The van der Waals surface area contributed by atoms with Crippen molar-refractivity contribution in [3.05, 3.63) is 29.3 Å². The molecule has 0 aliphatic carbocycles. The number of rotatable bonds is 4. The molecule has 0 heterocycles. The lowest BCUT2D eigenvalue weighted by Gasteiger charge is -2.07. The molecule has 15 heavy (non-hydrogen) atoms. The van der Waals surface area contributed by atoms with Crippen molar-refractivity contribution < 1.29 is 9.90 Å². The lowest BCUT2D eigenvalue weighted by atomic mass is 10.1. The predicted molar refractivity (Wildman–Crippen MR) is 68.7 cm³/mol. The third-order valence-electron chi connectivity index (χ3n) is 2.05. The van der Waals surface area contributed by atoms with Crippen LogP contribution in [0.1, 0.15) is 22.3 Å². The van der Waals surface area contributed by atoms with Gasteiger partial charge in [-0.05, 0) is 37.1 Å². The molecule has 3 nitrogen and oxygen atoms in total. The molecule has 2 N–H and O–H groups in total. The third kappa shape index (κ3) is 3.70. The standard InChI is InChI=1S/C11H14INO2/c1-8-7-9(14)3-4-10(8)11(15)13-6-2-5-12/h3-4,7,14H,2,5-6H2,1H3,(H,13,15). The average Bonchev–Trinajstić information content (AvgIpc) is 2.17. The Morgan fingerprint density at radius 2 is 2.27 bits per heavy atom. The van der Waals surface area contributed by atoms with Crippen LogP contribution in [0.5, 0.6) is 5.75 Å². The van der Waals surface area contributed by atoms with Crippen LogP contribution in [0.25, 0.3) is 0 Å². The van der Waals surface area contributed by atoms with Crippen molar-refractivity contribution >= 4 is 28.5 Å². The number of carbonyl (C=O) groups is 1. The van der Waals surface area contributed by atoms with Gasteiger partial charge in [0.2, 0.25) is 0 Å². The highest BCUT2D eigenvalue weighted by molar-refractivity contribution is 14.1. The second-order valence-electron chi connectivity index (χ2n) is 3.30. The number of amides is 1. The molecule has 1 amide bonds. The molecule has 0 atom stereocenters. The first-order chi connectivity index (χ1) is 7.15. The molecule has 0 aromatic heterocycles. The molecule has 0 fully saturated rings. The Bertz CT molecular complexity index is 352. The summed E-state index contributed by atoms with van der Waals surface area (Å²) in [4.78, 5) is 11.7.